The zero-order valence-electron chi connectivity index (χ0n) is 20.3. The average molecular weight is 465 g/mol. The van der Waals surface area contributed by atoms with Crippen molar-refractivity contribution < 1.29 is 13.9 Å². The van der Waals surface area contributed by atoms with Gasteiger partial charge in [0, 0.05) is 37.3 Å². The lowest BCUT2D eigenvalue weighted by Gasteiger charge is -2.17. The number of nitrogens with zero attached hydrogens (tertiary/aromatic N) is 6. The Hall–Kier alpha value is -3.75. The first-order chi connectivity index (χ1) is 16.1. The molecule has 1 amide bonds. The number of fused-ring (bicyclic) bond motifs is 1. The van der Waals surface area contributed by atoms with Gasteiger partial charge in [0.2, 0.25) is 0 Å². The third kappa shape index (κ3) is 4.64. The normalized spacial score (nSPS) is 11.7. The van der Waals surface area contributed by atoms with Crippen LogP contribution < -0.4 is 4.90 Å². The zero-order valence-corrected chi connectivity index (χ0v) is 20.3. The van der Waals surface area contributed by atoms with Crippen molar-refractivity contribution in [3.05, 3.63) is 59.5 Å². The number of hydrogen-bond acceptors (Lipinski definition) is 5. The van der Waals surface area contributed by atoms with E-state index in [1.165, 1.54) is 18.1 Å². The van der Waals surface area contributed by atoms with Crippen molar-refractivity contribution in [3.63, 3.8) is 0 Å². The Bertz CT molecular complexity index is 1350. The van der Waals surface area contributed by atoms with Crippen molar-refractivity contribution in [1.82, 2.24) is 24.5 Å². The Balaban J connectivity index is 1.85. The molecule has 3 heterocycles. The average Bonchev–Trinajstić information content (AvgIpc) is 3.33. The molecular formula is C25H29FN6O2. The predicted molar refractivity (Wildman–Crippen MR) is 129 cm³/mol. The van der Waals surface area contributed by atoms with E-state index in [-0.39, 0.29) is 17.8 Å². The molecule has 0 spiro atoms. The first-order valence-corrected chi connectivity index (χ1v) is 11.0. The molecule has 3 aromatic heterocycles. The molecule has 0 atom stereocenters. The topological polar surface area (TPSA) is 78.1 Å². The minimum absolute atomic E-state index is 0.0834. The molecule has 0 N–H and O–H groups in total. The van der Waals surface area contributed by atoms with Crippen molar-refractivity contribution in [2.45, 2.75) is 33.7 Å². The van der Waals surface area contributed by atoms with Gasteiger partial charge in [0.25, 0.3) is 0 Å². The summed E-state index contributed by atoms with van der Waals surface area (Å²) in [6.07, 6.45) is 2.19. The van der Waals surface area contributed by atoms with Crippen LogP contribution >= 0.6 is 0 Å². The largest absolute Gasteiger partial charge is 0.452 e. The number of anilines is 1. The smallest absolute Gasteiger partial charge is 0.414 e. The zero-order chi connectivity index (χ0) is 24.6. The Kier molecular flexibility index (Phi) is 6.12. The van der Waals surface area contributed by atoms with Crippen LogP contribution in [0.5, 0.6) is 0 Å². The quantitative estimate of drug-likeness (QED) is 0.424. The fraction of sp³-hybridized carbons (Fsp3) is 0.360. The molecule has 9 heteroatoms. The van der Waals surface area contributed by atoms with Gasteiger partial charge >= 0.3 is 6.09 Å². The Morgan fingerprint density at radius 2 is 1.91 bits per heavy atom. The lowest BCUT2D eigenvalue weighted by molar-refractivity contribution is 0.180. The summed E-state index contributed by atoms with van der Waals surface area (Å²) in [5.41, 5.74) is 3.53. The maximum atomic E-state index is 14.4. The number of amides is 1. The van der Waals surface area contributed by atoms with Crippen LogP contribution in [0.2, 0.25) is 0 Å². The SMILES string of the molecule is COC(=O)N(C)c1cc(-c2nn(Cc3ccccc3F)c3ncc(CC(C)(C)C)cc23)nn1C. The van der Waals surface area contributed by atoms with Crippen molar-refractivity contribution in [1.29, 1.82) is 0 Å². The molecule has 0 unspecified atom stereocenters. The van der Waals surface area contributed by atoms with E-state index in [1.807, 2.05) is 6.20 Å². The lowest BCUT2D eigenvalue weighted by Crippen LogP contribution is -2.27. The number of methoxy groups -OCH3 is 1. The van der Waals surface area contributed by atoms with Gasteiger partial charge in [-0.15, -0.1) is 0 Å². The molecule has 0 saturated heterocycles. The number of halogens is 1. The van der Waals surface area contributed by atoms with Crippen LogP contribution in [-0.4, -0.2) is 44.8 Å². The summed E-state index contributed by atoms with van der Waals surface area (Å²) in [4.78, 5) is 18.1. The number of rotatable bonds is 5. The van der Waals surface area contributed by atoms with E-state index in [0.29, 0.717) is 28.4 Å². The highest BCUT2D eigenvalue weighted by Crippen LogP contribution is 2.31. The highest BCUT2D eigenvalue weighted by molar-refractivity contribution is 5.92. The number of benzene rings is 1. The summed E-state index contributed by atoms with van der Waals surface area (Å²) >= 11 is 0. The van der Waals surface area contributed by atoms with Gasteiger partial charge < -0.3 is 4.74 Å². The Morgan fingerprint density at radius 1 is 1.18 bits per heavy atom. The number of carbonyl (C=O) groups is 1. The van der Waals surface area contributed by atoms with Crippen LogP contribution in [-0.2, 0) is 24.8 Å². The van der Waals surface area contributed by atoms with Gasteiger partial charge in [-0.1, -0.05) is 39.0 Å². The summed E-state index contributed by atoms with van der Waals surface area (Å²) in [5, 5.41) is 10.2. The summed E-state index contributed by atoms with van der Waals surface area (Å²) in [6, 6.07) is 10.5. The van der Waals surface area contributed by atoms with E-state index in [4.69, 9.17) is 14.8 Å². The van der Waals surface area contributed by atoms with E-state index in [0.717, 1.165) is 17.4 Å². The molecule has 1 aromatic carbocycles. The van der Waals surface area contributed by atoms with Gasteiger partial charge in [-0.3, -0.25) is 9.58 Å². The molecule has 178 valence electrons. The third-order valence-corrected chi connectivity index (χ3v) is 5.55. The van der Waals surface area contributed by atoms with Crippen LogP contribution in [0.1, 0.15) is 31.9 Å². The van der Waals surface area contributed by atoms with Crippen LogP contribution in [0.15, 0.2) is 42.6 Å². The predicted octanol–water partition coefficient (Wildman–Crippen LogP) is 4.81. The summed E-state index contributed by atoms with van der Waals surface area (Å²) < 4.78 is 22.5. The number of aryl methyl sites for hydroxylation is 1. The second-order valence-electron chi connectivity index (χ2n) is 9.59. The lowest BCUT2D eigenvalue weighted by atomic mass is 9.88. The van der Waals surface area contributed by atoms with Crippen LogP contribution in [0, 0.1) is 11.2 Å². The highest BCUT2D eigenvalue weighted by Gasteiger charge is 2.22. The molecule has 0 aliphatic carbocycles. The van der Waals surface area contributed by atoms with Crippen LogP contribution in [0.25, 0.3) is 22.4 Å². The third-order valence-electron chi connectivity index (χ3n) is 5.55. The molecule has 4 rings (SSSR count). The first-order valence-electron chi connectivity index (χ1n) is 11.0. The Labute approximate surface area is 198 Å². The van der Waals surface area contributed by atoms with Gasteiger partial charge in [-0.2, -0.15) is 10.2 Å². The molecule has 8 nitrogen and oxygen atoms in total. The van der Waals surface area contributed by atoms with Crippen LogP contribution in [0.3, 0.4) is 0 Å². The van der Waals surface area contributed by atoms with E-state index in [2.05, 4.69) is 31.9 Å². The molecule has 0 aliphatic heterocycles. The molecule has 0 aliphatic rings. The number of ether oxygens (including phenoxy) is 1. The number of pyridine rings is 1. The minimum atomic E-state index is -0.501. The first kappa shape index (κ1) is 23.4. The van der Waals surface area contributed by atoms with Crippen molar-refractivity contribution in [3.8, 4) is 11.4 Å². The number of aromatic nitrogens is 5. The van der Waals surface area contributed by atoms with Crippen molar-refractivity contribution in [2.24, 2.45) is 12.5 Å². The maximum absolute atomic E-state index is 14.4. The fourth-order valence-electron chi connectivity index (χ4n) is 4.02. The van der Waals surface area contributed by atoms with Gasteiger partial charge in [0.15, 0.2) is 5.65 Å². The van der Waals surface area contributed by atoms with Crippen molar-refractivity contribution in [2.75, 3.05) is 19.1 Å². The second-order valence-corrected chi connectivity index (χ2v) is 9.59. The molecule has 0 bridgehead atoms. The standard InChI is InChI=1S/C25H29FN6O2/c1-25(2,3)13-16-11-18-22(20-12-21(31(5)28-20)30(4)24(33)34-6)29-32(23(18)27-14-16)15-17-9-7-8-10-19(17)26/h7-12,14H,13,15H2,1-6H3. The molecule has 0 saturated carbocycles. The summed E-state index contributed by atoms with van der Waals surface area (Å²) in [7, 11) is 4.70. The van der Waals surface area contributed by atoms with Crippen LogP contribution in [0.4, 0.5) is 15.0 Å². The fourth-order valence-corrected chi connectivity index (χ4v) is 4.02. The molecule has 34 heavy (non-hydrogen) atoms. The van der Waals surface area contributed by atoms with E-state index < -0.39 is 6.09 Å². The second kappa shape index (κ2) is 8.89. The monoisotopic (exact) mass is 464 g/mol. The number of carbonyl (C=O) groups excluding carboxylic acids is 1. The van der Waals surface area contributed by atoms with E-state index >= 15 is 0 Å². The molecular weight excluding hydrogens is 435 g/mol. The summed E-state index contributed by atoms with van der Waals surface area (Å²) in [5.74, 6) is 0.259. The van der Waals surface area contributed by atoms with Gasteiger partial charge in [0.1, 0.15) is 23.0 Å². The van der Waals surface area contributed by atoms with E-state index in [9.17, 15) is 9.18 Å². The number of hydrogen-bond donors (Lipinski definition) is 0. The maximum Gasteiger partial charge on any atom is 0.414 e. The highest BCUT2D eigenvalue weighted by atomic mass is 19.1. The molecule has 4 aromatic rings. The van der Waals surface area contributed by atoms with Gasteiger partial charge in [-0.25, -0.2) is 18.9 Å². The van der Waals surface area contributed by atoms with E-state index in [1.54, 1.807) is 47.7 Å². The van der Waals surface area contributed by atoms with Gasteiger partial charge in [0.05, 0.1) is 13.7 Å². The van der Waals surface area contributed by atoms with Crippen molar-refractivity contribution >= 4 is 22.9 Å². The Morgan fingerprint density at radius 3 is 2.59 bits per heavy atom. The minimum Gasteiger partial charge on any atom is -0.452 e. The molecule has 0 fully saturated rings. The summed E-state index contributed by atoms with van der Waals surface area (Å²) in [6.45, 7) is 6.75. The van der Waals surface area contributed by atoms with Gasteiger partial charge in [-0.05, 0) is 29.5 Å². The molecule has 0 radical (unpaired) electrons.